The fraction of sp³-hybridized carbons (Fsp3) is 0.346. The molecule has 0 heterocycles. The molecule has 2 aromatic carbocycles. The third-order valence-electron chi connectivity index (χ3n) is 5.12. The van der Waals surface area contributed by atoms with E-state index in [0.29, 0.717) is 17.0 Å². The number of nitrogens with one attached hydrogen (secondary N) is 1. The van der Waals surface area contributed by atoms with Gasteiger partial charge < -0.3 is 19.5 Å². The average Bonchev–Trinajstić information content (AvgIpc) is 2.80. The summed E-state index contributed by atoms with van der Waals surface area (Å²) in [7, 11) is 2.40. The fourth-order valence-corrected chi connectivity index (χ4v) is 3.72. The number of rotatable bonds is 8. The van der Waals surface area contributed by atoms with Gasteiger partial charge >= 0.3 is 11.9 Å². The van der Waals surface area contributed by atoms with E-state index in [4.69, 9.17) is 14.2 Å². The van der Waals surface area contributed by atoms with Crippen molar-refractivity contribution in [3.8, 4) is 17.6 Å². The molecule has 2 rings (SSSR count). The highest BCUT2D eigenvalue weighted by molar-refractivity contribution is 9.10. The number of hydrogen-bond donors (Lipinski definition) is 1. The summed E-state index contributed by atoms with van der Waals surface area (Å²) in [6, 6.07) is 12.3. The van der Waals surface area contributed by atoms with Gasteiger partial charge in [-0.25, -0.2) is 0 Å². The van der Waals surface area contributed by atoms with E-state index in [-0.39, 0.29) is 5.91 Å². The zero-order chi connectivity index (χ0) is 25.5. The molecule has 0 saturated carbocycles. The third kappa shape index (κ3) is 6.61. The Hall–Kier alpha value is -3.31. The lowest BCUT2D eigenvalue weighted by Gasteiger charge is -2.26. The van der Waals surface area contributed by atoms with Gasteiger partial charge in [-0.1, -0.05) is 34.0 Å². The first kappa shape index (κ1) is 26.9. The van der Waals surface area contributed by atoms with Crippen LogP contribution in [0.4, 0.5) is 5.69 Å². The summed E-state index contributed by atoms with van der Waals surface area (Å²) in [5.41, 5.74) is 0.880. The highest BCUT2D eigenvalue weighted by Crippen LogP contribution is 2.29. The Kier molecular flexibility index (Phi) is 9.28. The Balaban J connectivity index is 2.22. The van der Waals surface area contributed by atoms with E-state index in [9.17, 15) is 14.4 Å². The van der Waals surface area contributed by atoms with Gasteiger partial charge in [0.2, 0.25) is 0 Å². The molecule has 1 atom stereocenters. The van der Waals surface area contributed by atoms with Gasteiger partial charge in [0, 0.05) is 10.2 Å². The summed E-state index contributed by atoms with van der Waals surface area (Å²) < 4.78 is 16.5. The lowest BCUT2D eigenvalue weighted by molar-refractivity contribution is -0.159. The molecule has 0 spiro atoms. The Bertz CT molecular complexity index is 1100. The average molecular weight is 530 g/mol. The van der Waals surface area contributed by atoms with Crippen LogP contribution in [0.3, 0.4) is 0 Å². The summed E-state index contributed by atoms with van der Waals surface area (Å²) in [4.78, 5) is 37.4. The maximum absolute atomic E-state index is 12.9. The molecular weight excluding hydrogens is 502 g/mol. The Morgan fingerprint density at radius 1 is 1.00 bits per heavy atom. The molecule has 0 aliphatic rings. The molecule has 0 saturated heterocycles. The van der Waals surface area contributed by atoms with Crippen LogP contribution in [0.2, 0.25) is 0 Å². The van der Waals surface area contributed by atoms with E-state index in [1.807, 2.05) is 19.1 Å². The molecule has 0 radical (unpaired) electrons. The number of amides is 1. The van der Waals surface area contributed by atoms with E-state index < -0.39 is 29.4 Å². The predicted molar refractivity (Wildman–Crippen MR) is 132 cm³/mol. The summed E-state index contributed by atoms with van der Waals surface area (Å²) in [6.45, 7) is 6.88. The van der Waals surface area contributed by atoms with Gasteiger partial charge in [-0.3, -0.25) is 14.4 Å². The zero-order valence-electron chi connectivity index (χ0n) is 20.0. The Morgan fingerprint density at radius 3 is 2.09 bits per heavy atom. The van der Waals surface area contributed by atoms with Crippen LogP contribution in [0, 0.1) is 24.7 Å². The van der Waals surface area contributed by atoms with Crippen LogP contribution in [0.15, 0.2) is 46.9 Å². The van der Waals surface area contributed by atoms with Gasteiger partial charge in [-0.15, -0.1) is 5.92 Å². The van der Waals surface area contributed by atoms with Crippen molar-refractivity contribution < 1.29 is 28.6 Å². The monoisotopic (exact) mass is 529 g/mol. The van der Waals surface area contributed by atoms with Crippen molar-refractivity contribution in [2.75, 3.05) is 19.5 Å². The van der Waals surface area contributed by atoms with Crippen LogP contribution in [0.25, 0.3) is 0 Å². The lowest BCUT2D eigenvalue weighted by Crippen LogP contribution is -2.42. The van der Waals surface area contributed by atoms with Crippen LogP contribution >= 0.6 is 15.9 Å². The Morgan fingerprint density at radius 2 is 1.59 bits per heavy atom. The first-order chi connectivity index (χ1) is 16.0. The van der Waals surface area contributed by atoms with Crippen LogP contribution in [0.1, 0.15) is 37.8 Å². The number of carbonyl (C=O) groups is 3. The van der Waals surface area contributed by atoms with Crippen LogP contribution in [-0.2, 0) is 23.9 Å². The first-order valence-electron chi connectivity index (χ1n) is 10.5. The Labute approximate surface area is 208 Å². The van der Waals surface area contributed by atoms with Crippen molar-refractivity contribution >= 4 is 39.5 Å². The fourth-order valence-electron chi connectivity index (χ4n) is 3.24. The number of ether oxygens (including phenoxy) is 3. The van der Waals surface area contributed by atoms with Gasteiger partial charge in [-0.05, 0) is 69.2 Å². The molecule has 8 heteroatoms. The van der Waals surface area contributed by atoms with Crippen molar-refractivity contribution in [1.29, 1.82) is 0 Å². The van der Waals surface area contributed by atoms with E-state index >= 15 is 0 Å². The maximum atomic E-state index is 12.9. The smallest absolute Gasteiger partial charge is 0.321 e. The zero-order valence-corrected chi connectivity index (χ0v) is 21.6. The molecule has 0 aliphatic heterocycles. The largest absolute Gasteiger partial charge is 0.478 e. The normalized spacial score (nSPS) is 11.6. The molecular formula is C26H28BrNO6. The number of halogens is 1. The minimum atomic E-state index is -1.23. The van der Waals surface area contributed by atoms with Gasteiger partial charge in [0.1, 0.15) is 5.75 Å². The van der Waals surface area contributed by atoms with Gasteiger partial charge in [-0.2, -0.15) is 0 Å². The van der Waals surface area contributed by atoms with E-state index in [1.165, 1.54) is 14.2 Å². The second-order valence-electron chi connectivity index (χ2n) is 7.99. The topological polar surface area (TPSA) is 90.9 Å². The van der Waals surface area contributed by atoms with Crippen molar-refractivity contribution in [2.24, 2.45) is 5.92 Å². The molecule has 0 aliphatic carbocycles. The second-order valence-corrected chi connectivity index (χ2v) is 8.91. The third-order valence-corrected chi connectivity index (χ3v) is 5.61. The standard InChI is InChI=1S/C26H28BrNO6/c1-7-8-20(22(23(29)32-5)24(30)33-6)17-9-12-19(13-10-17)28-25(31)26(3,4)34-21-14-11-18(27)15-16(21)2/h9-15,20,22H,1-6H3,(H,28,31). The minimum Gasteiger partial charge on any atom is -0.478 e. The second kappa shape index (κ2) is 11.7. The minimum absolute atomic E-state index is 0.338. The number of anilines is 1. The molecule has 34 heavy (non-hydrogen) atoms. The highest BCUT2D eigenvalue weighted by Gasteiger charge is 2.37. The number of hydrogen-bond acceptors (Lipinski definition) is 6. The van der Waals surface area contributed by atoms with Gasteiger partial charge in [0.25, 0.3) is 5.91 Å². The van der Waals surface area contributed by atoms with Crippen LogP contribution < -0.4 is 10.1 Å². The molecule has 0 fully saturated rings. The quantitative estimate of drug-likeness (QED) is 0.304. The SMILES string of the molecule is CC#CC(c1ccc(NC(=O)C(C)(C)Oc2ccc(Br)cc2C)cc1)C(C(=O)OC)C(=O)OC. The van der Waals surface area contributed by atoms with E-state index in [2.05, 4.69) is 33.1 Å². The van der Waals surface area contributed by atoms with Crippen molar-refractivity contribution in [3.63, 3.8) is 0 Å². The van der Waals surface area contributed by atoms with Gasteiger partial charge in [0.15, 0.2) is 11.5 Å². The molecule has 1 unspecified atom stereocenters. The lowest BCUT2D eigenvalue weighted by atomic mass is 9.86. The molecule has 2 aromatic rings. The highest BCUT2D eigenvalue weighted by atomic mass is 79.9. The van der Waals surface area contributed by atoms with E-state index in [0.717, 1.165) is 10.0 Å². The van der Waals surface area contributed by atoms with Crippen molar-refractivity contribution in [3.05, 3.63) is 58.1 Å². The number of benzene rings is 2. The van der Waals surface area contributed by atoms with Crippen LogP contribution in [0.5, 0.6) is 5.75 Å². The number of carbonyl (C=O) groups excluding carboxylic acids is 3. The molecule has 1 amide bonds. The number of esters is 2. The summed E-state index contributed by atoms with van der Waals surface area (Å²) >= 11 is 3.41. The molecule has 0 bridgehead atoms. The number of methoxy groups -OCH3 is 2. The molecule has 0 aromatic heterocycles. The summed E-state index contributed by atoms with van der Waals surface area (Å²) in [5.74, 6) is 2.43. The summed E-state index contributed by atoms with van der Waals surface area (Å²) in [5, 5.41) is 2.84. The van der Waals surface area contributed by atoms with Crippen LogP contribution in [-0.4, -0.2) is 37.7 Å². The van der Waals surface area contributed by atoms with Gasteiger partial charge in [0.05, 0.1) is 20.1 Å². The molecule has 7 nitrogen and oxygen atoms in total. The summed E-state index contributed by atoms with van der Waals surface area (Å²) in [6.07, 6.45) is 0. The molecule has 1 N–H and O–H groups in total. The first-order valence-corrected chi connectivity index (χ1v) is 11.3. The maximum Gasteiger partial charge on any atom is 0.321 e. The van der Waals surface area contributed by atoms with E-state index in [1.54, 1.807) is 51.1 Å². The number of aryl methyl sites for hydroxylation is 1. The van der Waals surface area contributed by atoms with Crippen molar-refractivity contribution in [2.45, 2.75) is 39.2 Å². The molecule has 180 valence electrons. The van der Waals surface area contributed by atoms with Crippen molar-refractivity contribution in [1.82, 2.24) is 0 Å². The predicted octanol–water partition coefficient (Wildman–Crippen LogP) is 4.62.